The molecule has 0 aromatic heterocycles. The molecule has 1 aliphatic carbocycles. The summed E-state index contributed by atoms with van der Waals surface area (Å²) in [5.41, 5.74) is 0. The highest BCUT2D eigenvalue weighted by Gasteiger charge is 2.18. The van der Waals surface area contributed by atoms with E-state index in [1.54, 1.807) is 0 Å². The number of hydrogen-bond donors (Lipinski definition) is 1. The topological polar surface area (TPSA) is 102 Å². The van der Waals surface area contributed by atoms with E-state index in [2.05, 4.69) is 35.0 Å². The van der Waals surface area contributed by atoms with Gasteiger partial charge in [-0.2, -0.15) is 0 Å². The fraction of sp³-hybridized carbons (Fsp3) is 0.882. The Kier molecular flexibility index (Phi) is 29.1. The lowest BCUT2D eigenvalue weighted by Gasteiger charge is -2.32. The minimum absolute atomic E-state index is 0.153. The van der Waals surface area contributed by atoms with E-state index < -0.39 is 5.09 Å². The van der Waals surface area contributed by atoms with Gasteiger partial charge in [0.1, 0.15) is 6.29 Å². The molecule has 0 aromatic rings. The third-order valence-electron chi connectivity index (χ3n) is 8.27. The number of likely N-dealkylation sites (tertiary alicyclic amines) is 1. The largest absolute Gasteiger partial charge is 0.356 e. The molecule has 2 fully saturated rings. The summed E-state index contributed by atoms with van der Waals surface area (Å²) in [6, 6.07) is 0. The van der Waals surface area contributed by atoms with Crippen LogP contribution in [0.3, 0.4) is 0 Å². The van der Waals surface area contributed by atoms with Crippen LogP contribution in [0, 0.1) is 22.0 Å². The van der Waals surface area contributed by atoms with Crippen LogP contribution in [-0.4, -0.2) is 55.0 Å². The average molecular weight is 596 g/mol. The monoisotopic (exact) mass is 595 g/mol. The van der Waals surface area contributed by atoms with Gasteiger partial charge in [-0.3, -0.25) is 4.79 Å². The third-order valence-corrected chi connectivity index (χ3v) is 8.27. The zero-order chi connectivity index (χ0) is 31.1. The van der Waals surface area contributed by atoms with Crippen LogP contribution in [0.2, 0.25) is 0 Å². The number of rotatable bonds is 21. The summed E-state index contributed by atoms with van der Waals surface area (Å²) in [5, 5.41) is 12.4. The van der Waals surface area contributed by atoms with E-state index in [0.717, 1.165) is 96.2 Å². The summed E-state index contributed by atoms with van der Waals surface area (Å²) in [5.74, 6) is 1.69. The van der Waals surface area contributed by atoms with Crippen molar-refractivity contribution in [2.75, 3.05) is 32.8 Å². The molecular weight excluding hydrogens is 530 g/mol. The fourth-order valence-corrected chi connectivity index (χ4v) is 5.63. The van der Waals surface area contributed by atoms with Crippen molar-refractivity contribution in [2.24, 2.45) is 11.8 Å². The smallest absolute Gasteiger partial charge is 0.294 e. The molecule has 0 radical (unpaired) electrons. The van der Waals surface area contributed by atoms with Crippen molar-refractivity contribution in [3.8, 4) is 0 Å². The summed E-state index contributed by atoms with van der Waals surface area (Å²) < 4.78 is 0. The lowest BCUT2D eigenvalue weighted by atomic mass is 9.92. The molecule has 42 heavy (non-hydrogen) atoms. The first-order chi connectivity index (χ1) is 20.5. The van der Waals surface area contributed by atoms with E-state index in [-0.39, 0.29) is 12.5 Å². The van der Waals surface area contributed by atoms with Gasteiger partial charge < -0.3 is 19.8 Å². The number of allylic oxidation sites excluding steroid dienone is 2. The molecule has 0 atom stereocenters. The van der Waals surface area contributed by atoms with Crippen molar-refractivity contribution in [3.63, 3.8) is 0 Å². The molecule has 0 spiro atoms. The van der Waals surface area contributed by atoms with Crippen molar-refractivity contribution in [1.82, 2.24) is 10.2 Å². The van der Waals surface area contributed by atoms with Gasteiger partial charge in [-0.25, -0.2) is 0 Å². The number of nitrogens with one attached hydrogen (secondary N) is 1. The normalized spacial score (nSPS) is 15.9. The summed E-state index contributed by atoms with van der Waals surface area (Å²) in [6.45, 7) is 10.7. The Morgan fingerprint density at radius 1 is 0.905 bits per heavy atom. The van der Waals surface area contributed by atoms with Crippen LogP contribution in [0.15, 0.2) is 12.2 Å². The Morgan fingerprint density at radius 3 is 2.12 bits per heavy atom. The molecule has 1 saturated heterocycles. The second-order valence-corrected chi connectivity index (χ2v) is 12.0. The van der Waals surface area contributed by atoms with Gasteiger partial charge in [-0.05, 0) is 89.8 Å². The molecular formula is C34H65N3O5. The van der Waals surface area contributed by atoms with Crippen molar-refractivity contribution >= 4 is 12.2 Å². The van der Waals surface area contributed by atoms with Crippen LogP contribution in [0.25, 0.3) is 0 Å². The van der Waals surface area contributed by atoms with Gasteiger partial charge in [-0.15, -0.1) is 10.1 Å². The van der Waals surface area contributed by atoms with Gasteiger partial charge in [0.05, 0.1) is 6.61 Å². The number of carbonyl (C=O) groups is 2. The first kappa shape index (κ1) is 40.0. The number of nitrogens with zero attached hydrogens (tertiary/aromatic N) is 2. The first-order valence-corrected chi connectivity index (χ1v) is 17.3. The number of hydrogen-bond acceptors (Lipinski definition) is 6. The maximum atomic E-state index is 11.7. The lowest BCUT2D eigenvalue weighted by Crippen LogP contribution is -2.36. The molecule has 246 valence electrons. The van der Waals surface area contributed by atoms with Crippen LogP contribution in [0.1, 0.15) is 149 Å². The van der Waals surface area contributed by atoms with Crippen LogP contribution < -0.4 is 5.32 Å². The molecule has 2 rings (SSSR count). The Bertz CT molecular complexity index is 654. The van der Waals surface area contributed by atoms with Crippen molar-refractivity contribution in [3.05, 3.63) is 22.3 Å². The Balaban J connectivity index is 0.000000799. The minimum Gasteiger partial charge on any atom is -0.356 e. The maximum absolute atomic E-state index is 11.7. The standard InChI is InChI=1S/C18H33N3O4.C8H14O.C8H18/c1-2-3-4-5-9-18(22)19-12-7-13-20-14-10-17(11-15-20)8-6-16-25-21(23)24;9-7-3-6-8-4-1-2-5-8;1-3-5-7-8-6-4-2/h2-3,17H,4-16H2,1H3,(H,19,22);7-8H,1-6H2;3-8H2,1-2H3/b3-2-;;. The maximum Gasteiger partial charge on any atom is 0.294 e. The van der Waals surface area contributed by atoms with Crippen LogP contribution >= 0.6 is 0 Å². The second-order valence-electron chi connectivity index (χ2n) is 12.0. The van der Waals surface area contributed by atoms with Gasteiger partial charge in [-0.1, -0.05) is 90.2 Å². The number of piperidine rings is 1. The molecule has 8 heteroatoms. The van der Waals surface area contributed by atoms with Crippen molar-refractivity contribution < 1.29 is 19.5 Å². The molecule has 2 aliphatic rings. The van der Waals surface area contributed by atoms with E-state index in [1.807, 2.05) is 13.0 Å². The molecule has 0 aromatic carbocycles. The number of carbonyl (C=O) groups excluding carboxylic acids is 2. The predicted octanol–water partition coefficient (Wildman–Crippen LogP) is 8.46. The molecule has 8 nitrogen and oxygen atoms in total. The number of unbranched alkanes of at least 4 members (excludes halogenated alkanes) is 6. The number of aldehydes is 1. The average Bonchev–Trinajstić information content (AvgIpc) is 3.52. The minimum atomic E-state index is -0.719. The van der Waals surface area contributed by atoms with Gasteiger partial charge in [0.25, 0.3) is 5.09 Å². The Morgan fingerprint density at radius 2 is 1.55 bits per heavy atom. The zero-order valence-corrected chi connectivity index (χ0v) is 27.5. The lowest BCUT2D eigenvalue weighted by molar-refractivity contribution is -0.757. The van der Waals surface area contributed by atoms with E-state index in [0.29, 0.717) is 12.3 Å². The van der Waals surface area contributed by atoms with Gasteiger partial charge in [0.2, 0.25) is 5.91 Å². The summed E-state index contributed by atoms with van der Waals surface area (Å²) in [4.78, 5) is 38.5. The van der Waals surface area contributed by atoms with Gasteiger partial charge >= 0.3 is 0 Å². The second kappa shape index (κ2) is 30.5. The van der Waals surface area contributed by atoms with Crippen LogP contribution in [-0.2, 0) is 14.4 Å². The van der Waals surface area contributed by atoms with Crippen LogP contribution in [0.5, 0.6) is 0 Å². The molecule has 1 heterocycles. The van der Waals surface area contributed by atoms with Gasteiger partial charge in [0.15, 0.2) is 0 Å². The Hall–Kier alpha value is -1.96. The van der Waals surface area contributed by atoms with E-state index >= 15 is 0 Å². The van der Waals surface area contributed by atoms with Gasteiger partial charge in [0, 0.05) is 19.4 Å². The molecule has 0 unspecified atom stereocenters. The Labute approximate surface area is 257 Å². The van der Waals surface area contributed by atoms with Crippen molar-refractivity contribution in [2.45, 2.75) is 149 Å². The van der Waals surface area contributed by atoms with Crippen molar-refractivity contribution in [1.29, 1.82) is 0 Å². The highest BCUT2D eigenvalue weighted by molar-refractivity contribution is 5.75. The molecule has 1 aliphatic heterocycles. The third kappa shape index (κ3) is 26.9. The van der Waals surface area contributed by atoms with E-state index in [1.165, 1.54) is 64.2 Å². The van der Waals surface area contributed by atoms with E-state index in [4.69, 9.17) is 0 Å². The molecule has 0 bridgehead atoms. The van der Waals surface area contributed by atoms with Crippen LogP contribution in [0.4, 0.5) is 0 Å². The highest BCUT2D eigenvalue weighted by Crippen LogP contribution is 2.27. The first-order valence-electron chi connectivity index (χ1n) is 17.3. The highest BCUT2D eigenvalue weighted by atomic mass is 16.9. The predicted molar refractivity (Wildman–Crippen MR) is 174 cm³/mol. The zero-order valence-electron chi connectivity index (χ0n) is 27.5. The number of amides is 1. The molecule has 1 N–H and O–H groups in total. The molecule has 1 saturated carbocycles. The summed E-state index contributed by atoms with van der Waals surface area (Å²) in [6.07, 6.45) is 28.6. The van der Waals surface area contributed by atoms with E-state index in [9.17, 15) is 19.7 Å². The molecule has 1 amide bonds. The quantitative estimate of drug-likeness (QED) is 0.0469. The SMILES string of the molecule is C/C=C\CCCC(=O)NCCCN1CCC(CCCO[N+](=O)[O-])CC1.CCCCCCCC.O=CCCC1CCCC1. The summed E-state index contributed by atoms with van der Waals surface area (Å²) in [7, 11) is 0. The summed E-state index contributed by atoms with van der Waals surface area (Å²) >= 11 is 0. The fourth-order valence-electron chi connectivity index (χ4n) is 5.63.